The van der Waals surface area contributed by atoms with Gasteiger partial charge in [0, 0.05) is 5.92 Å². The second-order valence-corrected chi connectivity index (χ2v) is 6.59. The SMILES string of the molecule is O=C(O)c1[nH]nc(C2C3CC4CC(C3)CC2C4)c1O. The van der Waals surface area contributed by atoms with Crippen LogP contribution in [0.2, 0.25) is 0 Å². The van der Waals surface area contributed by atoms with Gasteiger partial charge in [-0.2, -0.15) is 5.10 Å². The second kappa shape index (κ2) is 3.74. The average Bonchev–Trinajstić information content (AvgIpc) is 2.70. The van der Waals surface area contributed by atoms with Gasteiger partial charge in [0.05, 0.1) is 0 Å². The van der Waals surface area contributed by atoms with Crippen LogP contribution in [0.5, 0.6) is 5.75 Å². The van der Waals surface area contributed by atoms with Crippen molar-refractivity contribution >= 4 is 5.97 Å². The van der Waals surface area contributed by atoms with Crippen LogP contribution in [0.4, 0.5) is 0 Å². The Bertz CT molecular complexity index is 509. The summed E-state index contributed by atoms with van der Waals surface area (Å²) in [5.41, 5.74) is 0.440. The van der Waals surface area contributed by atoms with Crippen molar-refractivity contribution in [2.45, 2.75) is 38.0 Å². The van der Waals surface area contributed by atoms with Crippen LogP contribution in [-0.4, -0.2) is 26.4 Å². The van der Waals surface area contributed by atoms with E-state index in [0.29, 0.717) is 17.5 Å². The number of nitrogens with one attached hydrogen (secondary N) is 1. The molecule has 1 heterocycles. The molecule has 3 N–H and O–H groups in total. The van der Waals surface area contributed by atoms with Crippen LogP contribution in [0, 0.1) is 23.7 Å². The van der Waals surface area contributed by atoms with Gasteiger partial charge in [-0.25, -0.2) is 4.79 Å². The van der Waals surface area contributed by atoms with Gasteiger partial charge < -0.3 is 10.2 Å². The number of carbonyl (C=O) groups is 1. The van der Waals surface area contributed by atoms with Crippen LogP contribution in [-0.2, 0) is 0 Å². The predicted octanol–water partition coefficient (Wildman–Crippen LogP) is 2.35. The molecule has 102 valence electrons. The Kier molecular flexibility index (Phi) is 2.23. The van der Waals surface area contributed by atoms with Gasteiger partial charge in [0.25, 0.3) is 0 Å². The van der Waals surface area contributed by atoms with E-state index in [9.17, 15) is 9.90 Å². The lowest BCUT2D eigenvalue weighted by Gasteiger charge is -2.54. The minimum atomic E-state index is -1.14. The maximum Gasteiger partial charge on any atom is 0.357 e. The smallest absolute Gasteiger partial charge is 0.357 e. The molecule has 0 atom stereocenters. The van der Waals surface area contributed by atoms with Crippen molar-refractivity contribution in [2.75, 3.05) is 0 Å². The number of aromatic hydroxyl groups is 1. The van der Waals surface area contributed by atoms with E-state index in [1.165, 1.54) is 32.1 Å². The van der Waals surface area contributed by atoms with Gasteiger partial charge in [0.2, 0.25) is 0 Å². The van der Waals surface area contributed by atoms with E-state index < -0.39 is 5.97 Å². The summed E-state index contributed by atoms with van der Waals surface area (Å²) in [4.78, 5) is 11.0. The first kappa shape index (κ1) is 11.3. The first-order chi connectivity index (χ1) is 9.13. The highest BCUT2D eigenvalue weighted by atomic mass is 16.4. The number of hydrogen-bond donors (Lipinski definition) is 3. The Labute approximate surface area is 111 Å². The maximum absolute atomic E-state index is 11.0. The monoisotopic (exact) mass is 262 g/mol. The molecule has 5 nitrogen and oxygen atoms in total. The normalized spacial score (nSPS) is 39.7. The molecule has 1 aromatic heterocycles. The Morgan fingerprint density at radius 2 is 1.68 bits per heavy atom. The minimum Gasteiger partial charge on any atom is -0.504 e. The zero-order valence-corrected chi connectivity index (χ0v) is 10.7. The highest BCUT2D eigenvalue weighted by Gasteiger charge is 2.50. The molecule has 4 fully saturated rings. The van der Waals surface area contributed by atoms with Gasteiger partial charge in [0.15, 0.2) is 11.4 Å². The highest BCUT2D eigenvalue weighted by Crippen LogP contribution is 2.60. The number of nitrogens with zero attached hydrogens (tertiary/aromatic N) is 1. The molecular formula is C14H18N2O3. The lowest BCUT2D eigenvalue weighted by molar-refractivity contribution is -0.00487. The molecule has 0 aromatic carbocycles. The Morgan fingerprint density at radius 3 is 2.16 bits per heavy atom. The highest BCUT2D eigenvalue weighted by molar-refractivity contribution is 5.88. The summed E-state index contributed by atoms with van der Waals surface area (Å²) < 4.78 is 0. The summed E-state index contributed by atoms with van der Waals surface area (Å²) in [5.74, 6) is 1.89. The lowest BCUT2D eigenvalue weighted by Crippen LogP contribution is -2.43. The van der Waals surface area contributed by atoms with Crippen molar-refractivity contribution in [1.82, 2.24) is 10.2 Å². The number of carboxylic acids is 1. The molecule has 0 aliphatic heterocycles. The lowest BCUT2D eigenvalue weighted by atomic mass is 9.51. The summed E-state index contributed by atoms with van der Waals surface area (Å²) in [6.45, 7) is 0. The molecule has 1 aromatic rings. The Balaban J connectivity index is 1.71. The topological polar surface area (TPSA) is 86.2 Å². The van der Waals surface area contributed by atoms with E-state index >= 15 is 0 Å². The van der Waals surface area contributed by atoms with E-state index in [1.54, 1.807) is 0 Å². The molecule has 0 unspecified atom stereocenters. The van der Waals surface area contributed by atoms with Crippen LogP contribution < -0.4 is 0 Å². The summed E-state index contributed by atoms with van der Waals surface area (Å²) in [5, 5.41) is 25.7. The van der Waals surface area contributed by atoms with E-state index in [0.717, 1.165) is 11.8 Å². The number of carboxylic acid groups (broad SMARTS) is 1. The largest absolute Gasteiger partial charge is 0.504 e. The molecule has 0 spiro atoms. The van der Waals surface area contributed by atoms with E-state index in [2.05, 4.69) is 10.2 Å². The quantitative estimate of drug-likeness (QED) is 0.763. The number of H-pyrrole nitrogens is 1. The summed E-state index contributed by atoms with van der Waals surface area (Å²) >= 11 is 0. The molecule has 0 amide bonds. The van der Waals surface area contributed by atoms with Crippen LogP contribution in [0.3, 0.4) is 0 Å². The fraction of sp³-hybridized carbons (Fsp3) is 0.714. The Hall–Kier alpha value is -1.52. The van der Waals surface area contributed by atoms with Crippen molar-refractivity contribution in [3.8, 4) is 5.75 Å². The molecule has 5 rings (SSSR count). The van der Waals surface area contributed by atoms with Crippen LogP contribution >= 0.6 is 0 Å². The first-order valence-electron chi connectivity index (χ1n) is 7.14. The van der Waals surface area contributed by atoms with Crippen molar-refractivity contribution in [3.63, 3.8) is 0 Å². The van der Waals surface area contributed by atoms with Gasteiger partial charge >= 0.3 is 5.97 Å². The standard InChI is InChI=1S/C14H18N2O3/c17-13-11(15-16-12(13)14(18)19)10-8-2-6-1-7(4-8)5-9(10)3-6/h6-10,17H,1-5H2,(H,15,16)(H,18,19). The molecule has 19 heavy (non-hydrogen) atoms. The summed E-state index contributed by atoms with van der Waals surface area (Å²) in [6.07, 6.45) is 6.30. The van der Waals surface area contributed by atoms with Crippen LogP contribution in [0.15, 0.2) is 0 Å². The molecule has 4 saturated carbocycles. The zero-order valence-electron chi connectivity index (χ0n) is 10.7. The van der Waals surface area contributed by atoms with Gasteiger partial charge in [0.1, 0.15) is 5.69 Å². The molecular weight excluding hydrogens is 244 g/mol. The fourth-order valence-electron chi connectivity index (χ4n) is 5.10. The molecule has 0 radical (unpaired) electrons. The van der Waals surface area contributed by atoms with Crippen molar-refractivity contribution in [1.29, 1.82) is 0 Å². The second-order valence-electron chi connectivity index (χ2n) is 6.59. The third-order valence-corrected chi connectivity index (χ3v) is 5.52. The zero-order chi connectivity index (χ0) is 13.1. The van der Waals surface area contributed by atoms with Gasteiger partial charge in [-0.15, -0.1) is 0 Å². The summed E-state index contributed by atoms with van der Waals surface area (Å²) in [7, 11) is 0. The summed E-state index contributed by atoms with van der Waals surface area (Å²) in [6, 6.07) is 0. The first-order valence-corrected chi connectivity index (χ1v) is 7.14. The number of aromatic amines is 1. The van der Waals surface area contributed by atoms with Crippen LogP contribution in [0.1, 0.15) is 54.2 Å². The van der Waals surface area contributed by atoms with E-state index in [-0.39, 0.29) is 17.4 Å². The minimum absolute atomic E-state index is 0.134. The number of rotatable bonds is 2. The van der Waals surface area contributed by atoms with Gasteiger partial charge in [-0.3, -0.25) is 5.10 Å². The maximum atomic E-state index is 11.0. The molecule has 4 bridgehead atoms. The molecule has 4 aliphatic rings. The number of aromatic carboxylic acids is 1. The fourth-order valence-corrected chi connectivity index (χ4v) is 5.10. The van der Waals surface area contributed by atoms with E-state index in [4.69, 9.17) is 5.11 Å². The van der Waals surface area contributed by atoms with Crippen molar-refractivity contribution < 1.29 is 15.0 Å². The van der Waals surface area contributed by atoms with Gasteiger partial charge in [-0.1, -0.05) is 0 Å². The third kappa shape index (κ3) is 1.53. The molecule has 5 heteroatoms. The van der Waals surface area contributed by atoms with Crippen LogP contribution in [0.25, 0.3) is 0 Å². The Morgan fingerprint density at radius 1 is 1.11 bits per heavy atom. The molecule has 0 saturated heterocycles. The predicted molar refractivity (Wildman–Crippen MR) is 67.0 cm³/mol. The third-order valence-electron chi connectivity index (χ3n) is 5.52. The van der Waals surface area contributed by atoms with Crippen molar-refractivity contribution in [2.24, 2.45) is 23.7 Å². The number of hydrogen-bond acceptors (Lipinski definition) is 3. The molecule has 4 aliphatic carbocycles. The number of aromatic nitrogens is 2. The average molecular weight is 262 g/mol. The van der Waals surface area contributed by atoms with Crippen molar-refractivity contribution in [3.05, 3.63) is 11.4 Å². The van der Waals surface area contributed by atoms with E-state index in [1.807, 2.05) is 0 Å². The van der Waals surface area contributed by atoms with Gasteiger partial charge in [-0.05, 0) is 55.8 Å².